The van der Waals surface area contributed by atoms with Crippen LogP contribution in [-0.2, 0) is 14.3 Å². The first-order valence-electron chi connectivity index (χ1n) is 6.51. The average Bonchev–Trinajstić information content (AvgIpc) is 2.25. The topological polar surface area (TPSA) is 76.1 Å². The van der Waals surface area contributed by atoms with Gasteiger partial charge in [-0.2, -0.15) is 0 Å². The van der Waals surface area contributed by atoms with Gasteiger partial charge in [-0.15, -0.1) is 0 Å². The van der Waals surface area contributed by atoms with Gasteiger partial charge in [0.25, 0.3) is 0 Å². The summed E-state index contributed by atoms with van der Waals surface area (Å²) in [6.45, 7) is 6.73. The van der Waals surface area contributed by atoms with Crippen LogP contribution < -0.4 is 0 Å². The van der Waals surface area contributed by atoms with E-state index in [0.717, 1.165) is 0 Å². The number of carbonyl (C=O) groups excluding carboxylic acids is 1. The Balaban J connectivity index is 2.12. The lowest BCUT2D eigenvalue weighted by Gasteiger charge is -2.46. The van der Waals surface area contributed by atoms with Crippen LogP contribution in [0.3, 0.4) is 0 Å². The zero-order valence-electron chi connectivity index (χ0n) is 11.6. The summed E-state index contributed by atoms with van der Waals surface area (Å²) >= 11 is 0. The summed E-state index contributed by atoms with van der Waals surface area (Å²) in [5.41, 5.74) is -1.55. The number of ether oxygens (including phenoxy) is 2. The zero-order chi connectivity index (χ0) is 14.3. The van der Waals surface area contributed by atoms with Crippen LogP contribution in [0, 0.1) is 11.3 Å². The van der Waals surface area contributed by atoms with E-state index >= 15 is 0 Å². The number of aliphatic carboxylic acids is 1. The first kappa shape index (κ1) is 14.1. The molecular formula is C13H21NO5. The summed E-state index contributed by atoms with van der Waals surface area (Å²) in [5, 5.41) is 9.41. The Labute approximate surface area is 112 Å². The molecule has 0 aliphatic carbocycles. The van der Waals surface area contributed by atoms with E-state index in [4.69, 9.17) is 9.47 Å². The minimum absolute atomic E-state index is 0.0751. The molecule has 2 aliphatic rings. The number of carbonyl (C=O) groups is 2. The van der Waals surface area contributed by atoms with E-state index < -0.39 is 23.1 Å². The highest BCUT2D eigenvalue weighted by atomic mass is 16.6. The molecule has 2 unspecified atom stereocenters. The summed E-state index contributed by atoms with van der Waals surface area (Å²) < 4.78 is 10.7. The van der Waals surface area contributed by atoms with Crippen molar-refractivity contribution in [3.63, 3.8) is 0 Å². The van der Waals surface area contributed by atoms with E-state index in [2.05, 4.69) is 0 Å². The SMILES string of the molecule is CC(C)(C)OC(=O)N1CC2COCC(C(=O)O)(C2)C1. The number of fused-ring (bicyclic) bond motifs is 2. The van der Waals surface area contributed by atoms with Crippen LogP contribution >= 0.6 is 0 Å². The molecule has 2 heterocycles. The smallest absolute Gasteiger partial charge is 0.410 e. The van der Waals surface area contributed by atoms with Crippen molar-refractivity contribution in [1.82, 2.24) is 4.90 Å². The number of carboxylic acid groups (broad SMARTS) is 1. The summed E-state index contributed by atoms with van der Waals surface area (Å²) in [5.74, 6) is -0.823. The molecule has 2 fully saturated rings. The number of hydrogen-bond donors (Lipinski definition) is 1. The maximum absolute atomic E-state index is 12.1. The maximum atomic E-state index is 12.1. The van der Waals surface area contributed by atoms with Gasteiger partial charge >= 0.3 is 12.1 Å². The standard InChI is InChI=1S/C13H21NO5/c1-12(2,3)19-11(17)14-5-9-4-13(7-14,10(15)16)8-18-6-9/h9H,4-8H2,1-3H3,(H,15,16). The lowest BCUT2D eigenvalue weighted by atomic mass is 9.74. The molecule has 2 atom stereocenters. The van der Waals surface area contributed by atoms with E-state index in [1.807, 2.05) is 0 Å². The highest BCUT2D eigenvalue weighted by molar-refractivity contribution is 5.77. The van der Waals surface area contributed by atoms with Crippen molar-refractivity contribution in [1.29, 1.82) is 0 Å². The third-order valence-corrected chi connectivity index (χ3v) is 3.49. The number of hydrogen-bond acceptors (Lipinski definition) is 4. The van der Waals surface area contributed by atoms with Gasteiger partial charge in [0.15, 0.2) is 0 Å². The Kier molecular flexibility index (Phi) is 3.47. The van der Waals surface area contributed by atoms with Gasteiger partial charge < -0.3 is 19.5 Å². The highest BCUT2D eigenvalue weighted by Crippen LogP contribution is 2.38. The molecule has 19 heavy (non-hydrogen) atoms. The Morgan fingerprint density at radius 1 is 1.42 bits per heavy atom. The van der Waals surface area contributed by atoms with Crippen LogP contribution in [0.5, 0.6) is 0 Å². The molecule has 1 amide bonds. The number of likely N-dealkylation sites (tertiary alicyclic amines) is 1. The molecule has 0 aromatic carbocycles. The van der Waals surface area contributed by atoms with Crippen molar-refractivity contribution < 1.29 is 24.2 Å². The van der Waals surface area contributed by atoms with E-state index in [-0.39, 0.29) is 19.1 Å². The van der Waals surface area contributed by atoms with Crippen molar-refractivity contribution in [3.05, 3.63) is 0 Å². The van der Waals surface area contributed by atoms with Crippen LogP contribution in [0.4, 0.5) is 4.79 Å². The second-order valence-electron chi connectivity index (χ2n) is 6.53. The molecule has 108 valence electrons. The summed E-state index contributed by atoms with van der Waals surface area (Å²) in [7, 11) is 0. The van der Waals surface area contributed by atoms with Gasteiger partial charge in [0.1, 0.15) is 11.0 Å². The molecule has 6 heteroatoms. The summed E-state index contributed by atoms with van der Waals surface area (Å²) in [6.07, 6.45) is 0.131. The van der Waals surface area contributed by atoms with Crippen molar-refractivity contribution in [2.24, 2.45) is 11.3 Å². The van der Waals surface area contributed by atoms with Crippen LogP contribution in [-0.4, -0.2) is 54.0 Å². The Morgan fingerprint density at radius 3 is 2.68 bits per heavy atom. The predicted molar refractivity (Wildman–Crippen MR) is 66.8 cm³/mol. The molecule has 6 nitrogen and oxygen atoms in total. The van der Waals surface area contributed by atoms with Gasteiger partial charge in [-0.1, -0.05) is 0 Å². The van der Waals surface area contributed by atoms with Gasteiger partial charge in [-0.05, 0) is 27.2 Å². The molecule has 0 spiro atoms. The molecular weight excluding hydrogens is 250 g/mol. The van der Waals surface area contributed by atoms with Crippen LogP contribution in [0.2, 0.25) is 0 Å². The van der Waals surface area contributed by atoms with Crippen LogP contribution in [0.1, 0.15) is 27.2 Å². The fraction of sp³-hybridized carbons (Fsp3) is 0.846. The minimum Gasteiger partial charge on any atom is -0.481 e. The van der Waals surface area contributed by atoms with Gasteiger partial charge in [-0.25, -0.2) is 4.79 Å². The van der Waals surface area contributed by atoms with Crippen LogP contribution in [0.15, 0.2) is 0 Å². The third kappa shape index (κ3) is 3.00. The molecule has 2 saturated heterocycles. The van der Waals surface area contributed by atoms with Gasteiger partial charge in [0.05, 0.1) is 13.2 Å². The summed E-state index contributed by atoms with van der Waals surface area (Å²) in [4.78, 5) is 25.1. The third-order valence-electron chi connectivity index (χ3n) is 3.49. The first-order valence-corrected chi connectivity index (χ1v) is 6.51. The van der Waals surface area contributed by atoms with E-state index in [0.29, 0.717) is 19.6 Å². The van der Waals surface area contributed by atoms with Crippen molar-refractivity contribution >= 4 is 12.1 Å². The first-order chi connectivity index (χ1) is 8.72. The molecule has 0 radical (unpaired) electrons. The Morgan fingerprint density at radius 2 is 2.11 bits per heavy atom. The second-order valence-corrected chi connectivity index (χ2v) is 6.53. The number of nitrogens with zero attached hydrogens (tertiary/aromatic N) is 1. The Bertz CT molecular complexity index is 389. The Hall–Kier alpha value is -1.30. The molecule has 0 aromatic rings. The van der Waals surface area contributed by atoms with Crippen LogP contribution in [0.25, 0.3) is 0 Å². The van der Waals surface area contributed by atoms with Gasteiger partial charge in [-0.3, -0.25) is 4.79 Å². The average molecular weight is 271 g/mol. The molecule has 2 bridgehead atoms. The highest BCUT2D eigenvalue weighted by Gasteiger charge is 2.50. The number of piperidine rings is 1. The van der Waals surface area contributed by atoms with E-state index in [1.165, 1.54) is 4.90 Å². The number of amides is 1. The zero-order valence-corrected chi connectivity index (χ0v) is 11.6. The van der Waals surface area contributed by atoms with E-state index in [1.54, 1.807) is 20.8 Å². The minimum atomic E-state index is -0.974. The summed E-state index contributed by atoms with van der Waals surface area (Å²) in [6, 6.07) is 0. The second kappa shape index (κ2) is 4.67. The maximum Gasteiger partial charge on any atom is 0.410 e. The lowest BCUT2D eigenvalue weighted by molar-refractivity contribution is -0.169. The number of rotatable bonds is 1. The monoisotopic (exact) mass is 271 g/mol. The lowest BCUT2D eigenvalue weighted by Crippen LogP contribution is -2.59. The quantitative estimate of drug-likeness (QED) is 0.779. The van der Waals surface area contributed by atoms with Gasteiger partial charge in [0, 0.05) is 19.0 Å². The van der Waals surface area contributed by atoms with Crippen molar-refractivity contribution in [2.75, 3.05) is 26.3 Å². The molecule has 2 rings (SSSR count). The van der Waals surface area contributed by atoms with Crippen molar-refractivity contribution in [2.45, 2.75) is 32.8 Å². The normalized spacial score (nSPS) is 30.9. The predicted octanol–water partition coefficient (Wildman–Crippen LogP) is 1.34. The van der Waals surface area contributed by atoms with Crippen molar-refractivity contribution in [3.8, 4) is 0 Å². The van der Waals surface area contributed by atoms with E-state index in [9.17, 15) is 14.7 Å². The fourth-order valence-electron chi connectivity index (χ4n) is 2.74. The van der Waals surface area contributed by atoms with Gasteiger partial charge in [0.2, 0.25) is 0 Å². The largest absolute Gasteiger partial charge is 0.481 e. The molecule has 0 saturated carbocycles. The molecule has 2 aliphatic heterocycles. The number of carboxylic acids is 1. The fourth-order valence-corrected chi connectivity index (χ4v) is 2.74. The molecule has 0 aromatic heterocycles. The molecule has 1 N–H and O–H groups in total.